The van der Waals surface area contributed by atoms with Gasteiger partial charge in [-0.15, -0.1) is 0 Å². The fraction of sp³-hybridized carbons (Fsp3) is 0.286. The van der Waals surface area contributed by atoms with E-state index in [-0.39, 0.29) is 12.2 Å². The zero-order valence-corrected chi connectivity index (χ0v) is 14.2. The molecule has 106 valence electrons. The SMILES string of the molecule is CCc1nn(C)c(CC(=O)c2cc(Cl)ccc2Br)c1Cl. The van der Waals surface area contributed by atoms with Crippen molar-refractivity contribution in [3.63, 3.8) is 0 Å². The van der Waals surface area contributed by atoms with E-state index in [0.717, 1.165) is 22.3 Å². The van der Waals surface area contributed by atoms with E-state index in [1.54, 1.807) is 29.9 Å². The number of hydrogen-bond donors (Lipinski definition) is 0. The van der Waals surface area contributed by atoms with Gasteiger partial charge in [0.2, 0.25) is 0 Å². The second-order valence-electron chi connectivity index (χ2n) is 4.41. The van der Waals surface area contributed by atoms with Crippen molar-refractivity contribution in [2.45, 2.75) is 19.8 Å². The highest BCUT2D eigenvalue weighted by Crippen LogP contribution is 2.26. The van der Waals surface area contributed by atoms with E-state index in [9.17, 15) is 4.79 Å². The maximum absolute atomic E-state index is 12.4. The van der Waals surface area contributed by atoms with Crippen LogP contribution in [0.25, 0.3) is 0 Å². The molecule has 0 unspecified atom stereocenters. The average Bonchev–Trinajstić information content (AvgIpc) is 2.68. The van der Waals surface area contributed by atoms with Gasteiger partial charge in [-0.05, 0) is 24.6 Å². The molecule has 0 amide bonds. The van der Waals surface area contributed by atoms with Gasteiger partial charge in [-0.2, -0.15) is 5.10 Å². The molecule has 3 nitrogen and oxygen atoms in total. The number of aromatic nitrogens is 2. The Kier molecular flexibility index (Phi) is 4.89. The van der Waals surface area contributed by atoms with Crippen molar-refractivity contribution >= 4 is 44.9 Å². The molecule has 1 aromatic carbocycles. The Bertz CT molecular complexity index is 667. The molecule has 0 atom stereocenters. The second-order valence-corrected chi connectivity index (χ2v) is 6.08. The molecule has 0 spiro atoms. The van der Waals surface area contributed by atoms with Crippen LogP contribution in [0.1, 0.15) is 28.7 Å². The lowest BCUT2D eigenvalue weighted by Crippen LogP contribution is -2.09. The second kappa shape index (κ2) is 6.29. The molecule has 2 aromatic rings. The van der Waals surface area contributed by atoms with Gasteiger partial charge in [0.25, 0.3) is 0 Å². The lowest BCUT2D eigenvalue weighted by Gasteiger charge is -2.05. The predicted molar refractivity (Wildman–Crippen MR) is 84.8 cm³/mol. The van der Waals surface area contributed by atoms with Crippen LogP contribution in [-0.2, 0) is 19.9 Å². The van der Waals surface area contributed by atoms with Crippen LogP contribution in [-0.4, -0.2) is 15.6 Å². The van der Waals surface area contributed by atoms with E-state index in [2.05, 4.69) is 21.0 Å². The minimum absolute atomic E-state index is 0.0491. The zero-order chi connectivity index (χ0) is 14.9. The molecule has 20 heavy (non-hydrogen) atoms. The van der Waals surface area contributed by atoms with Crippen LogP contribution in [0.2, 0.25) is 10.0 Å². The van der Waals surface area contributed by atoms with Crippen LogP contribution in [0.15, 0.2) is 22.7 Å². The quantitative estimate of drug-likeness (QED) is 0.738. The Morgan fingerprint density at radius 1 is 1.40 bits per heavy atom. The van der Waals surface area contributed by atoms with Gasteiger partial charge < -0.3 is 0 Å². The first kappa shape index (κ1) is 15.5. The lowest BCUT2D eigenvalue weighted by atomic mass is 10.1. The van der Waals surface area contributed by atoms with Crippen molar-refractivity contribution in [1.82, 2.24) is 9.78 Å². The number of hydrogen-bond acceptors (Lipinski definition) is 2. The van der Waals surface area contributed by atoms with Crippen molar-refractivity contribution in [1.29, 1.82) is 0 Å². The average molecular weight is 376 g/mol. The maximum atomic E-state index is 12.4. The predicted octanol–water partition coefficient (Wildman–Crippen LogP) is 4.48. The Hall–Kier alpha value is -0.840. The Labute approximate surface area is 136 Å². The molecule has 2 rings (SSSR count). The van der Waals surface area contributed by atoms with Gasteiger partial charge in [0, 0.05) is 22.1 Å². The van der Waals surface area contributed by atoms with Gasteiger partial charge in [-0.25, -0.2) is 0 Å². The molecule has 0 aliphatic carbocycles. The minimum atomic E-state index is -0.0491. The van der Waals surface area contributed by atoms with E-state index in [1.165, 1.54) is 0 Å². The summed E-state index contributed by atoms with van der Waals surface area (Å²) in [4.78, 5) is 12.4. The third kappa shape index (κ3) is 3.08. The first-order valence-corrected chi connectivity index (χ1v) is 7.67. The summed E-state index contributed by atoms with van der Waals surface area (Å²) in [5.41, 5.74) is 2.08. The van der Waals surface area contributed by atoms with E-state index in [4.69, 9.17) is 23.2 Å². The van der Waals surface area contributed by atoms with Crippen LogP contribution in [0.4, 0.5) is 0 Å². The first-order chi connectivity index (χ1) is 9.43. The summed E-state index contributed by atoms with van der Waals surface area (Å²) in [6.45, 7) is 1.98. The van der Waals surface area contributed by atoms with Gasteiger partial charge in [0.1, 0.15) is 0 Å². The van der Waals surface area contributed by atoms with E-state index >= 15 is 0 Å². The molecule has 0 aliphatic rings. The van der Waals surface area contributed by atoms with Crippen LogP contribution < -0.4 is 0 Å². The fourth-order valence-corrected chi connectivity index (χ4v) is 2.97. The molecule has 0 saturated heterocycles. The monoisotopic (exact) mass is 374 g/mol. The van der Waals surface area contributed by atoms with E-state index in [1.807, 2.05) is 6.92 Å². The summed E-state index contributed by atoms with van der Waals surface area (Å²) < 4.78 is 2.39. The van der Waals surface area contributed by atoms with Gasteiger partial charge in [-0.3, -0.25) is 9.48 Å². The summed E-state index contributed by atoms with van der Waals surface area (Å²) in [7, 11) is 1.79. The molecule has 0 fully saturated rings. The topological polar surface area (TPSA) is 34.9 Å². The number of nitrogens with zero attached hydrogens (tertiary/aromatic N) is 2. The number of carbonyl (C=O) groups is 1. The summed E-state index contributed by atoms with van der Waals surface area (Å²) in [6, 6.07) is 5.14. The van der Waals surface area contributed by atoms with Gasteiger partial charge in [0.15, 0.2) is 5.78 Å². The number of Topliss-reactive ketones (excluding diaryl/α,β-unsaturated/α-hetero) is 1. The molecule has 0 N–H and O–H groups in total. The molecule has 0 aliphatic heterocycles. The van der Waals surface area contributed by atoms with Crippen LogP contribution >= 0.6 is 39.1 Å². The fourth-order valence-electron chi connectivity index (χ4n) is 1.97. The Morgan fingerprint density at radius 2 is 2.10 bits per heavy atom. The van der Waals surface area contributed by atoms with Crippen LogP contribution in [0, 0.1) is 0 Å². The highest BCUT2D eigenvalue weighted by Gasteiger charge is 2.18. The number of benzene rings is 1. The smallest absolute Gasteiger partial charge is 0.170 e. The van der Waals surface area contributed by atoms with Crippen LogP contribution in [0.5, 0.6) is 0 Å². The molecule has 0 radical (unpaired) electrons. The Balaban J connectivity index is 2.33. The molecule has 0 bridgehead atoms. The third-order valence-electron chi connectivity index (χ3n) is 3.06. The number of ketones is 1. The number of carbonyl (C=O) groups excluding carboxylic acids is 1. The maximum Gasteiger partial charge on any atom is 0.170 e. The number of aryl methyl sites for hydroxylation is 2. The third-order valence-corrected chi connectivity index (χ3v) is 4.42. The van der Waals surface area contributed by atoms with Gasteiger partial charge in [0.05, 0.1) is 22.8 Å². The summed E-state index contributed by atoms with van der Waals surface area (Å²) in [5, 5.41) is 5.41. The van der Waals surface area contributed by atoms with Crippen molar-refractivity contribution in [3.05, 3.63) is 49.7 Å². The highest BCUT2D eigenvalue weighted by atomic mass is 79.9. The van der Waals surface area contributed by atoms with Gasteiger partial charge >= 0.3 is 0 Å². The Morgan fingerprint density at radius 3 is 2.70 bits per heavy atom. The normalized spacial score (nSPS) is 10.8. The molecule has 0 saturated carbocycles. The molecular formula is C14H13BrCl2N2O. The minimum Gasteiger partial charge on any atom is -0.294 e. The van der Waals surface area contributed by atoms with Crippen molar-refractivity contribution < 1.29 is 4.79 Å². The van der Waals surface area contributed by atoms with Crippen molar-refractivity contribution in [3.8, 4) is 0 Å². The van der Waals surface area contributed by atoms with Crippen molar-refractivity contribution in [2.75, 3.05) is 0 Å². The molecular weight excluding hydrogens is 363 g/mol. The number of rotatable bonds is 4. The van der Waals surface area contributed by atoms with E-state index < -0.39 is 0 Å². The standard InChI is InChI=1S/C14H13BrCl2N2O/c1-3-11-14(17)12(19(2)18-11)7-13(20)9-6-8(16)4-5-10(9)15/h4-6H,3,7H2,1-2H3. The highest BCUT2D eigenvalue weighted by molar-refractivity contribution is 9.10. The largest absolute Gasteiger partial charge is 0.294 e. The summed E-state index contributed by atoms with van der Waals surface area (Å²) in [6.07, 6.45) is 0.934. The van der Waals surface area contributed by atoms with Gasteiger partial charge in [-0.1, -0.05) is 46.1 Å². The molecule has 1 heterocycles. The van der Waals surface area contributed by atoms with Crippen LogP contribution in [0.3, 0.4) is 0 Å². The van der Waals surface area contributed by atoms with Crippen molar-refractivity contribution in [2.24, 2.45) is 7.05 Å². The number of halogens is 3. The summed E-state index contributed by atoms with van der Waals surface area (Å²) in [5.74, 6) is -0.0491. The lowest BCUT2D eigenvalue weighted by molar-refractivity contribution is 0.0990. The summed E-state index contributed by atoms with van der Waals surface area (Å²) >= 11 is 15.6. The molecule has 6 heteroatoms. The van der Waals surface area contributed by atoms with E-state index in [0.29, 0.717) is 15.6 Å². The first-order valence-electron chi connectivity index (χ1n) is 6.12. The zero-order valence-electron chi connectivity index (χ0n) is 11.1. The molecule has 1 aromatic heterocycles.